The van der Waals surface area contributed by atoms with Gasteiger partial charge >= 0.3 is 0 Å². The zero-order valence-corrected chi connectivity index (χ0v) is 20.1. The molecule has 0 bridgehead atoms. The molecule has 0 saturated carbocycles. The monoisotopic (exact) mass is 487 g/mol. The Bertz CT molecular complexity index is 1310. The molecule has 0 unspecified atom stereocenters. The number of nitrogens with zero attached hydrogens (tertiary/aromatic N) is 3. The molecular weight excluding hydrogens is 462 g/mol. The number of halogens is 1. The highest BCUT2D eigenvalue weighted by molar-refractivity contribution is 6.30. The van der Waals surface area contributed by atoms with Crippen LogP contribution in [0.3, 0.4) is 0 Å². The number of benzene rings is 3. The minimum atomic E-state index is -0.134. The van der Waals surface area contributed by atoms with Crippen LogP contribution in [-0.2, 0) is 11.2 Å². The molecule has 1 aliphatic heterocycles. The van der Waals surface area contributed by atoms with Crippen molar-refractivity contribution in [1.82, 2.24) is 14.8 Å². The van der Waals surface area contributed by atoms with E-state index in [9.17, 15) is 4.79 Å². The van der Waals surface area contributed by atoms with E-state index in [1.807, 2.05) is 83.5 Å². The van der Waals surface area contributed by atoms with Crippen LogP contribution in [0.4, 0.5) is 11.9 Å². The van der Waals surface area contributed by atoms with Gasteiger partial charge in [-0.1, -0.05) is 72.3 Å². The molecular formula is C27H26ClN5O2. The number of amides is 1. The quantitative estimate of drug-likeness (QED) is 0.351. The van der Waals surface area contributed by atoms with Crippen LogP contribution in [-0.4, -0.2) is 27.8 Å². The molecule has 1 aromatic heterocycles. The lowest BCUT2D eigenvalue weighted by molar-refractivity contribution is -0.116. The summed E-state index contributed by atoms with van der Waals surface area (Å²) in [4.78, 5) is 17.2. The smallest absolute Gasteiger partial charge is 0.250 e. The lowest BCUT2D eigenvalue weighted by Gasteiger charge is -2.32. The number of hydrogen-bond acceptors (Lipinski definition) is 5. The summed E-state index contributed by atoms with van der Waals surface area (Å²) in [6.45, 7) is 0. The number of methoxy groups -OCH3 is 1. The molecule has 178 valence electrons. The van der Waals surface area contributed by atoms with Gasteiger partial charge in [-0.2, -0.15) is 4.98 Å². The number of aryl methyl sites for hydroxylation is 1. The lowest BCUT2D eigenvalue weighted by Crippen LogP contribution is -2.28. The molecule has 7 nitrogen and oxygen atoms in total. The first-order valence-corrected chi connectivity index (χ1v) is 11.9. The van der Waals surface area contributed by atoms with Crippen LogP contribution >= 0.6 is 11.6 Å². The predicted octanol–water partition coefficient (Wildman–Crippen LogP) is 5.66. The molecule has 0 radical (unpaired) electrons. The second kappa shape index (κ2) is 10.2. The van der Waals surface area contributed by atoms with Crippen molar-refractivity contribution in [3.63, 3.8) is 0 Å². The Morgan fingerprint density at radius 2 is 1.83 bits per heavy atom. The number of aromatic nitrogens is 3. The molecule has 3 aromatic carbocycles. The van der Waals surface area contributed by atoms with Crippen molar-refractivity contribution in [2.75, 3.05) is 17.7 Å². The fourth-order valence-corrected chi connectivity index (χ4v) is 4.56. The summed E-state index contributed by atoms with van der Waals surface area (Å²) in [7, 11) is 1.66. The fourth-order valence-electron chi connectivity index (χ4n) is 4.43. The van der Waals surface area contributed by atoms with Crippen molar-refractivity contribution in [2.45, 2.75) is 31.3 Å². The number of nitrogens with one attached hydrogen (secondary N) is 2. The van der Waals surface area contributed by atoms with Crippen LogP contribution in [0.5, 0.6) is 5.75 Å². The Balaban J connectivity index is 1.41. The van der Waals surface area contributed by atoms with Gasteiger partial charge in [0.15, 0.2) is 0 Å². The third-order valence-electron chi connectivity index (χ3n) is 6.19. The van der Waals surface area contributed by atoms with E-state index in [1.54, 1.807) is 7.11 Å². The van der Waals surface area contributed by atoms with Crippen LogP contribution in [0.2, 0.25) is 5.02 Å². The van der Waals surface area contributed by atoms with E-state index in [-0.39, 0.29) is 23.9 Å². The zero-order valence-electron chi connectivity index (χ0n) is 19.3. The van der Waals surface area contributed by atoms with Crippen LogP contribution < -0.4 is 15.4 Å². The highest BCUT2D eigenvalue weighted by Gasteiger charge is 2.33. The maximum atomic E-state index is 12.6. The van der Waals surface area contributed by atoms with Crippen LogP contribution in [0.1, 0.15) is 41.6 Å². The van der Waals surface area contributed by atoms with E-state index in [4.69, 9.17) is 16.3 Å². The Morgan fingerprint density at radius 1 is 1.09 bits per heavy atom. The second-order valence-corrected chi connectivity index (χ2v) is 8.92. The normalized spacial score (nSPS) is 16.7. The van der Waals surface area contributed by atoms with Gasteiger partial charge in [0, 0.05) is 17.0 Å². The second-order valence-electron chi connectivity index (χ2n) is 8.48. The summed E-state index contributed by atoms with van der Waals surface area (Å²) in [5, 5.41) is 11.7. The van der Waals surface area contributed by atoms with Gasteiger partial charge in [-0.3, -0.25) is 10.1 Å². The van der Waals surface area contributed by atoms with Crippen molar-refractivity contribution in [3.8, 4) is 5.75 Å². The molecule has 2 heterocycles. The minimum absolute atomic E-state index is 0.0134. The highest BCUT2D eigenvalue weighted by atomic mass is 35.5. The number of hydrogen-bond donors (Lipinski definition) is 2. The largest absolute Gasteiger partial charge is 0.496 e. The number of carbonyl (C=O) groups is 1. The maximum absolute atomic E-state index is 12.6. The van der Waals surface area contributed by atoms with Crippen LogP contribution in [0, 0.1) is 0 Å². The molecule has 1 aliphatic rings. The molecule has 8 heteroatoms. The summed E-state index contributed by atoms with van der Waals surface area (Å²) in [5.41, 5.74) is 3.21. The standard InChI is InChI=1S/C27H26ClN5O2/c1-35-24-10-6-5-9-21(24)23-17-22(19-12-14-20(28)15-13-19)29-27-31-26(32-33(23)27)30-25(34)16-11-18-7-3-2-4-8-18/h2-10,12-15,22-23H,11,16-17H2,1H3,(H2,29,30,31,32,34)/t22-,23+/m1/s1. The number of ether oxygens (including phenoxy) is 1. The minimum Gasteiger partial charge on any atom is -0.496 e. The maximum Gasteiger partial charge on any atom is 0.250 e. The van der Waals surface area contributed by atoms with Gasteiger partial charge in [-0.25, -0.2) is 4.68 Å². The molecule has 0 aliphatic carbocycles. The van der Waals surface area contributed by atoms with Crippen molar-refractivity contribution >= 4 is 29.4 Å². The highest BCUT2D eigenvalue weighted by Crippen LogP contribution is 2.41. The molecule has 1 amide bonds. The Labute approximate surface area is 209 Å². The molecule has 0 saturated heterocycles. The van der Waals surface area contributed by atoms with Gasteiger partial charge in [0.1, 0.15) is 5.75 Å². The summed E-state index contributed by atoms with van der Waals surface area (Å²) >= 11 is 6.11. The lowest BCUT2D eigenvalue weighted by atomic mass is 9.93. The van der Waals surface area contributed by atoms with Crippen molar-refractivity contribution in [2.24, 2.45) is 0 Å². The molecule has 4 aromatic rings. The summed E-state index contributed by atoms with van der Waals surface area (Å²) in [6.07, 6.45) is 1.73. The van der Waals surface area contributed by atoms with E-state index in [0.29, 0.717) is 23.8 Å². The average molecular weight is 488 g/mol. The Kier molecular flexibility index (Phi) is 6.68. The molecule has 35 heavy (non-hydrogen) atoms. The molecule has 0 fully saturated rings. The first kappa shape index (κ1) is 22.9. The van der Waals surface area contributed by atoms with Gasteiger partial charge in [0.25, 0.3) is 5.95 Å². The topological polar surface area (TPSA) is 81.1 Å². The predicted molar refractivity (Wildman–Crippen MR) is 137 cm³/mol. The van der Waals surface area contributed by atoms with E-state index < -0.39 is 0 Å². The first-order chi connectivity index (χ1) is 17.1. The van der Waals surface area contributed by atoms with E-state index in [1.165, 1.54) is 0 Å². The van der Waals surface area contributed by atoms with Crippen molar-refractivity contribution < 1.29 is 9.53 Å². The summed E-state index contributed by atoms with van der Waals surface area (Å²) in [6, 6.07) is 25.5. The SMILES string of the molecule is COc1ccccc1[C@@H]1C[C@H](c2ccc(Cl)cc2)Nc2nc(NC(=O)CCc3ccccc3)nn21. The van der Waals surface area contributed by atoms with Gasteiger partial charge in [0.05, 0.1) is 19.2 Å². The molecule has 2 atom stereocenters. The van der Waals surface area contributed by atoms with Crippen LogP contribution in [0.25, 0.3) is 0 Å². The number of carbonyl (C=O) groups excluding carboxylic acids is 1. The number of rotatable bonds is 7. The Morgan fingerprint density at radius 3 is 2.60 bits per heavy atom. The first-order valence-electron chi connectivity index (χ1n) is 11.6. The van der Waals surface area contributed by atoms with Gasteiger partial charge < -0.3 is 10.1 Å². The Hall–Kier alpha value is -3.84. The molecule has 2 N–H and O–H groups in total. The van der Waals surface area contributed by atoms with Gasteiger partial charge in [0.2, 0.25) is 11.9 Å². The third kappa shape index (κ3) is 5.15. The zero-order chi connectivity index (χ0) is 24.2. The van der Waals surface area contributed by atoms with Gasteiger partial charge in [-0.15, -0.1) is 5.10 Å². The number of para-hydroxylation sites is 1. The van der Waals surface area contributed by atoms with Crippen molar-refractivity contribution in [3.05, 3.63) is 101 Å². The number of anilines is 2. The van der Waals surface area contributed by atoms with E-state index in [2.05, 4.69) is 20.7 Å². The number of fused-ring (bicyclic) bond motifs is 1. The van der Waals surface area contributed by atoms with Crippen LogP contribution in [0.15, 0.2) is 78.9 Å². The van der Waals surface area contributed by atoms with E-state index >= 15 is 0 Å². The van der Waals surface area contributed by atoms with Crippen molar-refractivity contribution in [1.29, 1.82) is 0 Å². The molecule has 0 spiro atoms. The van der Waals surface area contributed by atoms with E-state index in [0.717, 1.165) is 28.9 Å². The average Bonchev–Trinajstić information content (AvgIpc) is 3.30. The molecule has 5 rings (SSSR count). The summed E-state index contributed by atoms with van der Waals surface area (Å²) in [5.74, 6) is 1.52. The summed E-state index contributed by atoms with van der Waals surface area (Å²) < 4.78 is 7.48. The third-order valence-corrected chi connectivity index (χ3v) is 6.45. The van der Waals surface area contributed by atoms with Gasteiger partial charge in [-0.05, 0) is 42.2 Å². The fraction of sp³-hybridized carbons (Fsp3) is 0.222.